The van der Waals surface area contributed by atoms with Crippen molar-refractivity contribution in [2.24, 2.45) is 0 Å². The van der Waals surface area contributed by atoms with Crippen molar-refractivity contribution in [2.45, 2.75) is 71.6 Å². The summed E-state index contributed by atoms with van der Waals surface area (Å²) in [6, 6.07) is 4.94. The fourth-order valence-electron chi connectivity index (χ4n) is 3.21. The van der Waals surface area contributed by atoms with E-state index in [9.17, 15) is 14.4 Å². The molecule has 9 heteroatoms. The first-order valence-corrected chi connectivity index (χ1v) is 11.2. The number of ether oxygens (including phenoxy) is 2. The molecule has 0 spiro atoms. The molecule has 2 aromatic rings. The van der Waals surface area contributed by atoms with Crippen LogP contribution in [0.25, 0.3) is 11.3 Å². The van der Waals surface area contributed by atoms with Crippen LogP contribution < -0.4 is 16.6 Å². The molecule has 0 atom stereocenters. The topological polar surface area (TPSA) is 126 Å². The first kappa shape index (κ1) is 24.3. The van der Waals surface area contributed by atoms with Gasteiger partial charge in [-0.3, -0.25) is 14.2 Å². The predicted octanol–water partition coefficient (Wildman–Crippen LogP) is 3.37. The molecule has 1 aromatic carbocycles. The zero-order chi connectivity index (χ0) is 24.2. The van der Waals surface area contributed by atoms with Gasteiger partial charge in [-0.1, -0.05) is 13.3 Å². The third-order valence-corrected chi connectivity index (χ3v) is 4.90. The van der Waals surface area contributed by atoms with Gasteiger partial charge in [-0.05, 0) is 58.2 Å². The highest BCUT2D eigenvalue weighted by Crippen LogP contribution is 2.26. The van der Waals surface area contributed by atoms with Crippen molar-refractivity contribution >= 4 is 23.4 Å². The number of anilines is 2. The summed E-state index contributed by atoms with van der Waals surface area (Å²) in [6.07, 6.45) is 5.09. The van der Waals surface area contributed by atoms with Crippen molar-refractivity contribution in [3.63, 3.8) is 0 Å². The first-order valence-electron chi connectivity index (χ1n) is 11.2. The maximum absolute atomic E-state index is 13.2. The van der Waals surface area contributed by atoms with E-state index >= 15 is 0 Å². The average molecular weight is 457 g/mol. The van der Waals surface area contributed by atoms with Gasteiger partial charge in [0.05, 0.1) is 24.1 Å². The molecule has 0 radical (unpaired) electrons. The van der Waals surface area contributed by atoms with Crippen molar-refractivity contribution < 1.29 is 19.1 Å². The molecule has 0 saturated heterocycles. The van der Waals surface area contributed by atoms with Crippen LogP contribution in [-0.4, -0.2) is 39.7 Å². The number of unbranched alkanes of at least 4 members (excludes halogenated alkanes) is 1. The van der Waals surface area contributed by atoms with E-state index in [1.54, 1.807) is 32.9 Å². The quantitative estimate of drug-likeness (QED) is 0.334. The molecular formula is C24H32N4O5. The maximum Gasteiger partial charge on any atom is 0.338 e. The van der Waals surface area contributed by atoms with Gasteiger partial charge in [-0.15, -0.1) is 0 Å². The Kier molecular flexibility index (Phi) is 7.40. The van der Waals surface area contributed by atoms with Gasteiger partial charge < -0.3 is 20.5 Å². The molecule has 1 fully saturated rings. The Labute approximate surface area is 193 Å². The molecule has 3 N–H and O–H groups in total. The molecule has 1 saturated carbocycles. The Balaban J connectivity index is 2.00. The largest absolute Gasteiger partial charge is 0.462 e. The fraction of sp³-hybridized carbons (Fsp3) is 0.500. The second-order valence-corrected chi connectivity index (χ2v) is 9.22. The second kappa shape index (κ2) is 10.1. The SMILES string of the molecule is CCCCOC(=O)c1cc(N)cc(-c2cnc(NC3CC3)c(=O)n2CC(=O)OC(C)(C)C)c1. The van der Waals surface area contributed by atoms with Crippen LogP contribution in [0, 0.1) is 0 Å². The molecule has 0 aliphatic heterocycles. The van der Waals surface area contributed by atoms with Gasteiger partial charge >= 0.3 is 11.9 Å². The highest BCUT2D eigenvalue weighted by Gasteiger charge is 2.25. The number of nitrogens with two attached hydrogens (primary N) is 1. The maximum atomic E-state index is 13.2. The lowest BCUT2D eigenvalue weighted by Gasteiger charge is -2.21. The molecule has 178 valence electrons. The highest BCUT2D eigenvalue weighted by atomic mass is 16.6. The third kappa shape index (κ3) is 6.81. The number of nitrogen functional groups attached to an aromatic ring is 1. The van der Waals surface area contributed by atoms with Crippen LogP contribution in [0.15, 0.2) is 29.2 Å². The van der Waals surface area contributed by atoms with Crippen molar-refractivity contribution in [1.82, 2.24) is 9.55 Å². The van der Waals surface area contributed by atoms with E-state index in [0.717, 1.165) is 25.7 Å². The third-order valence-electron chi connectivity index (χ3n) is 4.90. The van der Waals surface area contributed by atoms with E-state index in [1.807, 2.05) is 6.92 Å². The molecule has 0 unspecified atom stereocenters. The summed E-state index contributed by atoms with van der Waals surface area (Å²) in [5, 5.41) is 3.10. The van der Waals surface area contributed by atoms with E-state index in [1.165, 1.54) is 16.8 Å². The lowest BCUT2D eigenvalue weighted by molar-refractivity contribution is -0.155. The van der Waals surface area contributed by atoms with E-state index in [-0.39, 0.29) is 24.0 Å². The number of nitrogens with zero attached hydrogens (tertiary/aromatic N) is 2. The summed E-state index contributed by atoms with van der Waals surface area (Å²) >= 11 is 0. The Morgan fingerprint density at radius 2 is 1.97 bits per heavy atom. The summed E-state index contributed by atoms with van der Waals surface area (Å²) in [5.41, 5.74) is 6.31. The van der Waals surface area contributed by atoms with E-state index < -0.39 is 23.1 Å². The average Bonchev–Trinajstić information content (AvgIpc) is 3.53. The van der Waals surface area contributed by atoms with Crippen molar-refractivity contribution in [3.05, 3.63) is 40.3 Å². The van der Waals surface area contributed by atoms with Crippen LogP contribution in [0.5, 0.6) is 0 Å². The minimum absolute atomic E-state index is 0.174. The number of rotatable bonds is 9. The van der Waals surface area contributed by atoms with E-state index in [2.05, 4.69) is 10.3 Å². The van der Waals surface area contributed by atoms with Crippen LogP contribution in [0.4, 0.5) is 11.5 Å². The monoisotopic (exact) mass is 456 g/mol. The standard InChI is InChI=1S/C24H32N4O5/c1-5-6-9-32-23(31)16-10-15(11-17(25)12-16)19-13-26-21(27-18-7-8-18)22(30)28(19)14-20(29)33-24(2,3)4/h10-13,18H,5-9,14,25H2,1-4H3,(H,26,27). The van der Waals surface area contributed by atoms with Crippen LogP contribution in [0.3, 0.4) is 0 Å². The minimum Gasteiger partial charge on any atom is -0.462 e. The summed E-state index contributed by atoms with van der Waals surface area (Å²) in [6.45, 7) is 7.29. The van der Waals surface area contributed by atoms with Gasteiger partial charge in [0.25, 0.3) is 5.56 Å². The Morgan fingerprint density at radius 3 is 2.61 bits per heavy atom. The number of nitrogens with one attached hydrogen (secondary N) is 1. The van der Waals surface area contributed by atoms with E-state index in [0.29, 0.717) is 23.6 Å². The van der Waals surface area contributed by atoms with Crippen LogP contribution >= 0.6 is 0 Å². The van der Waals surface area contributed by atoms with Crippen LogP contribution in [0.1, 0.15) is 63.7 Å². The van der Waals surface area contributed by atoms with Gasteiger partial charge in [0, 0.05) is 17.3 Å². The predicted molar refractivity (Wildman–Crippen MR) is 126 cm³/mol. The fourth-order valence-corrected chi connectivity index (χ4v) is 3.21. The number of carbonyl (C=O) groups excluding carboxylic acids is 2. The second-order valence-electron chi connectivity index (χ2n) is 9.22. The van der Waals surface area contributed by atoms with Gasteiger partial charge in [-0.25, -0.2) is 9.78 Å². The molecular weight excluding hydrogens is 424 g/mol. The van der Waals surface area contributed by atoms with Gasteiger partial charge in [0.2, 0.25) is 0 Å². The van der Waals surface area contributed by atoms with Crippen molar-refractivity contribution in [1.29, 1.82) is 0 Å². The lowest BCUT2D eigenvalue weighted by Crippen LogP contribution is -2.33. The van der Waals surface area contributed by atoms with Gasteiger partial charge in [0.1, 0.15) is 12.1 Å². The number of carbonyl (C=O) groups is 2. The number of aromatic nitrogens is 2. The Morgan fingerprint density at radius 1 is 1.24 bits per heavy atom. The molecule has 3 rings (SSSR count). The number of hydrogen-bond donors (Lipinski definition) is 2. The zero-order valence-electron chi connectivity index (χ0n) is 19.6. The molecule has 0 amide bonds. The van der Waals surface area contributed by atoms with Crippen molar-refractivity contribution in [2.75, 3.05) is 17.7 Å². The molecule has 9 nitrogen and oxygen atoms in total. The molecule has 1 heterocycles. The molecule has 1 aliphatic rings. The number of hydrogen-bond acceptors (Lipinski definition) is 8. The molecule has 1 aliphatic carbocycles. The normalized spacial score (nSPS) is 13.5. The smallest absolute Gasteiger partial charge is 0.338 e. The van der Waals surface area contributed by atoms with E-state index in [4.69, 9.17) is 15.2 Å². The lowest BCUT2D eigenvalue weighted by atomic mass is 10.1. The van der Waals surface area contributed by atoms with Gasteiger partial charge in [-0.2, -0.15) is 0 Å². The van der Waals surface area contributed by atoms with Crippen LogP contribution in [0.2, 0.25) is 0 Å². The Bertz CT molecular complexity index is 1080. The van der Waals surface area contributed by atoms with Crippen LogP contribution in [-0.2, 0) is 20.8 Å². The summed E-state index contributed by atoms with van der Waals surface area (Å²) in [7, 11) is 0. The zero-order valence-corrected chi connectivity index (χ0v) is 19.6. The van der Waals surface area contributed by atoms with Gasteiger partial charge in [0.15, 0.2) is 5.82 Å². The summed E-state index contributed by atoms with van der Waals surface area (Å²) < 4.78 is 12.0. The number of esters is 2. The first-order chi connectivity index (χ1) is 15.6. The molecule has 0 bridgehead atoms. The molecule has 33 heavy (non-hydrogen) atoms. The van der Waals surface area contributed by atoms with Crippen molar-refractivity contribution in [3.8, 4) is 11.3 Å². The minimum atomic E-state index is -0.699. The Hall–Kier alpha value is -3.36. The number of benzene rings is 1. The molecule has 1 aromatic heterocycles. The summed E-state index contributed by atoms with van der Waals surface area (Å²) in [5.74, 6) is -0.886. The summed E-state index contributed by atoms with van der Waals surface area (Å²) in [4.78, 5) is 42.6. The highest BCUT2D eigenvalue weighted by molar-refractivity contribution is 5.92.